The van der Waals surface area contributed by atoms with Gasteiger partial charge in [0.05, 0.1) is 5.54 Å². The molecule has 2 aliphatic heterocycles. The van der Waals surface area contributed by atoms with E-state index < -0.39 is 5.54 Å². The monoisotopic (exact) mass is 301 g/mol. The average molecular weight is 301 g/mol. The molecular weight excluding hydrogens is 278 g/mol. The van der Waals surface area contributed by atoms with E-state index in [1.54, 1.807) is 11.8 Å². The summed E-state index contributed by atoms with van der Waals surface area (Å²) in [7, 11) is 0. The molecule has 1 fully saturated rings. The number of hydrogen-bond donors (Lipinski definition) is 2. The lowest BCUT2D eigenvalue weighted by molar-refractivity contribution is -0.122. The third-order valence-corrected chi connectivity index (χ3v) is 4.89. The summed E-state index contributed by atoms with van der Waals surface area (Å²) in [5.41, 5.74) is 2.48. The van der Waals surface area contributed by atoms with E-state index in [2.05, 4.69) is 10.6 Å². The predicted molar refractivity (Wildman–Crippen MR) is 87.1 cm³/mol. The van der Waals surface area contributed by atoms with E-state index in [9.17, 15) is 9.59 Å². The Morgan fingerprint density at radius 1 is 1.41 bits per heavy atom. The quantitative estimate of drug-likeness (QED) is 0.898. The van der Waals surface area contributed by atoms with Crippen LogP contribution in [0.5, 0.6) is 0 Å². The van der Waals surface area contributed by atoms with E-state index in [4.69, 9.17) is 0 Å². The molecule has 1 saturated heterocycles. The highest BCUT2D eigenvalue weighted by Crippen LogP contribution is 2.31. The Kier molecular flexibility index (Phi) is 3.91. The molecule has 0 saturated carbocycles. The van der Waals surface area contributed by atoms with Gasteiger partial charge in [0.25, 0.3) is 0 Å². The number of amides is 2. The van der Waals surface area contributed by atoms with Gasteiger partial charge in [0, 0.05) is 24.8 Å². The largest absolute Gasteiger partial charge is 0.324 e. The lowest BCUT2D eigenvalue weighted by Crippen LogP contribution is -2.50. The highest BCUT2D eigenvalue weighted by Gasteiger charge is 2.39. The Bertz CT molecular complexity index is 606. The van der Waals surface area contributed by atoms with E-state index in [1.807, 2.05) is 25.1 Å². The topological polar surface area (TPSA) is 61.4 Å². The summed E-state index contributed by atoms with van der Waals surface area (Å²) < 4.78 is 0. The van der Waals surface area contributed by atoms with E-state index >= 15 is 0 Å². The molecule has 2 amide bonds. The molecule has 1 unspecified atom stereocenters. The van der Waals surface area contributed by atoms with Gasteiger partial charge in [-0.25, -0.2) is 0 Å². The Balaban J connectivity index is 1.77. The van der Waals surface area contributed by atoms with Gasteiger partial charge in [0.15, 0.2) is 0 Å². The van der Waals surface area contributed by atoms with Gasteiger partial charge in [-0.05, 0) is 56.0 Å². The highest BCUT2D eigenvalue weighted by atomic mass is 16.2. The summed E-state index contributed by atoms with van der Waals surface area (Å²) >= 11 is 0. The van der Waals surface area contributed by atoms with Crippen molar-refractivity contribution in [2.24, 2.45) is 0 Å². The first kappa shape index (κ1) is 15.0. The van der Waals surface area contributed by atoms with E-state index in [0.29, 0.717) is 0 Å². The molecule has 118 valence electrons. The molecule has 0 spiro atoms. The maximum absolute atomic E-state index is 12.6. The molecule has 1 atom stereocenters. The highest BCUT2D eigenvalue weighted by molar-refractivity contribution is 5.99. The van der Waals surface area contributed by atoms with Crippen LogP contribution in [0.4, 0.5) is 11.4 Å². The van der Waals surface area contributed by atoms with Gasteiger partial charge in [0.1, 0.15) is 0 Å². The van der Waals surface area contributed by atoms with E-state index in [0.717, 1.165) is 55.7 Å². The number of hydrogen-bond acceptors (Lipinski definition) is 3. The van der Waals surface area contributed by atoms with Crippen LogP contribution in [0.25, 0.3) is 0 Å². The number of rotatable bonds is 3. The molecular formula is C17H23N3O2. The summed E-state index contributed by atoms with van der Waals surface area (Å²) in [6.45, 7) is 5.26. The van der Waals surface area contributed by atoms with Gasteiger partial charge >= 0.3 is 0 Å². The van der Waals surface area contributed by atoms with E-state index in [1.165, 1.54) is 0 Å². The van der Waals surface area contributed by atoms with Crippen LogP contribution < -0.4 is 15.5 Å². The molecule has 22 heavy (non-hydrogen) atoms. The fourth-order valence-electron chi connectivity index (χ4n) is 3.52. The SMILES string of the molecule is CCC1(C(=O)Nc2ccc3c(c2)CCN3C(C)=O)CCCN1. The van der Waals surface area contributed by atoms with Gasteiger partial charge in [-0.15, -0.1) is 0 Å². The Hall–Kier alpha value is -1.88. The number of anilines is 2. The molecule has 2 N–H and O–H groups in total. The van der Waals surface area contributed by atoms with Crippen molar-refractivity contribution in [3.05, 3.63) is 23.8 Å². The van der Waals surface area contributed by atoms with E-state index in [-0.39, 0.29) is 11.8 Å². The fourth-order valence-corrected chi connectivity index (χ4v) is 3.52. The normalized spacial score (nSPS) is 23.5. The summed E-state index contributed by atoms with van der Waals surface area (Å²) in [5.74, 6) is 0.115. The zero-order valence-electron chi connectivity index (χ0n) is 13.2. The van der Waals surface area contributed by atoms with Crippen molar-refractivity contribution in [3.63, 3.8) is 0 Å². The van der Waals surface area contributed by atoms with Crippen molar-refractivity contribution >= 4 is 23.2 Å². The third-order valence-electron chi connectivity index (χ3n) is 4.89. The minimum atomic E-state index is -0.426. The molecule has 0 aromatic heterocycles. The first-order chi connectivity index (χ1) is 10.6. The number of benzene rings is 1. The van der Waals surface area contributed by atoms with Crippen molar-refractivity contribution in [3.8, 4) is 0 Å². The zero-order valence-corrected chi connectivity index (χ0v) is 13.2. The van der Waals surface area contributed by atoms with Crippen LogP contribution in [0.2, 0.25) is 0 Å². The van der Waals surface area contributed by atoms with Crippen LogP contribution >= 0.6 is 0 Å². The second-order valence-electron chi connectivity index (χ2n) is 6.18. The van der Waals surface area contributed by atoms with Crippen LogP contribution in [-0.4, -0.2) is 30.4 Å². The smallest absolute Gasteiger partial charge is 0.244 e. The van der Waals surface area contributed by atoms with Crippen molar-refractivity contribution in [2.75, 3.05) is 23.3 Å². The number of carbonyl (C=O) groups excluding carboxylic acids is 2. The van der Waals surface area contributed by atoms with Crippen LogP contribution in [0.3, 0.4) is 0 Å². The predicted octanol–water partition coefficient (Wildman–Crippen LogP) is 2.07. The van der Waals surface area contributed by atoms with Crippen LogP contribution in [0, 0.1) is 0 Å². The van der Waals surface area contributed by atoms with Gasteiger partial charge in [-0.1, -0.05) is 6.92 Å². The second-order valence-corrected chi connectivity index (χ2v) is 6.18. The Labute approximate surface area is 131 Å². The number of fused-ring (bicyclic) bond motifs is 1. The second kappa shape index (κ2) is 5.72. The van der Waals surface area contributed by atoms with Crippen molar-refractivity contribution in [1.82, 2.24) is 5.32 Å². The molecule has 3 rings (SSSR count). The van der Waals surface area contributed by atoms with Gasteiger partial charge < -0.3 is 15.5 Å². The summed E-state index contributed by atoms with van der Waals surface area (Å²) in [5, 5.41) is 6.39. The molecule has 5 heteroatoms. The Morgan fingerprint density at radius 2 is 2.23 bits per heavy atom. The maximum Gasteiger partial charge on any atom is 0.244 e. The molecule has 5 nitrogen and oxygen atoms in total. The molecule has 1 aromatic carbocycles. The first-order valence-corrected chi connectivity index (χ1v) is 8.03. The summed E-state index contributed by atoms with van der Waals surface area (Å²) in [4.78, 5) is 26.0. The molecule has 0 bridgehead atoms. The minimum Gasteiger partial charge on any atom is -0.324 e. The van der Waals surface area contributed by atoms with Gasteiger partial charge in [-0.2, -0.15) is 0 Å². The van der Waals surface area contributed by atoms with Gasteiger partial charge in [-0.3, -0.25) is 9.59 Å². The Morgan fingerprint density at radius 3 is 2.86 bits per heavy atom. The number of carbonyl (C=O) groups is 2. The lowest BCUT2D eigenvalue weighted by atomic mass is 9.93. The minimum absolute atomic E-state index is 0.0499. The molecule has 2 heterocycles. The summed E-state index contributed by atoms with van der Waals surface area (Å²) in [6, 6.07) is 5.81. The number of nitrogens with one attached hydrogen (secondary N) is 2. The van der Waals surface area contributed by atoms with Gasteiger partial charge in [0.2, 0.25) is 11.8 Å². The average Bonchev–Trinajstić information content (AvgIpc) is 3.14. The van der Waals surface area contributed by atoms with Crippen molar-refractivity contribution in [2.45, 2.75) is 45.1 Å². The zero-order chi connectivity index (χ0) is 15.7. The molecule has 0 aliphatic carbocycles. The third kappa shape index (κ3) is 2.50. The van der Waals surface area contributed by atoms with Crippen LogP contribution in [0.1, 0.15) is 38.7 Å². The number of nitrogens with zero attached hydrogens (tertiary/aromatic N) is 1. The molecule has 2 aliphatic rings. The van der Waals surface area contributed by atoms with Crippen molar-refractivity contribution in [1.29, 1.82) is 0 Å². The summed E-state index contributed by atoms with van der Waals surface area (Å²) in [6.07, 6.45) is 3.56. The molecule has 1 aromatic rings. The maximum atomic E-state index is 12.6. The fraction of sp³-hybridized carbons (Fsp3) is 0.529. The van der Waals surface area contributed by atoms with Crippen LogP contribution in [0.15, 0.2) is 18.2 Å². The lowest BCUT2D eigenvalue weighted by Gasteiger charge is -2.26. The van der Waals surface area contributed by atoms with Crippen molar-refractivity contribution < 1.29 is 9.59 Å². The standard InChI is InChI=1S/C17H23N3O2/c1-3-17(8-4-9-18-17)16(22)19-14-5-6-15-13(11-14)7-10-20(15)12(2)21/h5-6,11,18H,3-4,7-10H2,1-2H3,(H,19,22). The van der Waals surface area contributed by atoms with Crippen LogP contribution in [-0.2, 0) is 16.0 Å². The molecule has 0 radical (unpaired) electrons. The first-order valence-electron chi connectivity index (χ1n) is 8.03.